The van der Waals surface area contributed by atoms with Crippen molar-refractivity contribution in [2.45, 2.75) is 38.9 Å². The SMILES string of the molecule is COc1cc(CC#N)ccc1OCC(=O)N1C[C@H](C)N(Cc2ccc(Cl)cc2)C[C@H]1C. The molecule has 2 aromatic carbocycles. The third kappa shape index (κ3) is 5.90. The molecule has 2 aromatic rings. The molecule has 31 heavy (non-hydrogen) atoms. The van der Waals surface area contributed by atoms with Gasteiger partial charge in [-0.25, -0.2) is 0 Å². The number of carbonyl (C=O) groups excluding carboxylic acids is 1. The summed E-state index contributed by atoms with van der Waals surface area (Å²) in [4.78, 5) is 17.2. The van der Waals surface area contributed by atoms with Crippen molar-refractivity contribution < 1.29 is 14.3 Å². The molecule has 1 aliphatic heterocycles. The maximum atomic E-state index is 12.9. The number of nitrogens with zero attached hydrogens (tertiary/aromatic N) is 3. The summed E-state index contributed by atoms with van der Waals surface area (Å²) in [5.74, 6) is 0.975. The number of benzene rings is 2. The molecule has 1 fully saturated rings. The van der Waals surface area contributed by atoms with Crippen LogP contribution in [0.15, 0.2) is 42.5 Å². The quantitative estimate of drug-likeness (QED) is 0.651. The predicted molar refractivity (Wildman–Crippen MR) is 120 cm³/mol. The maximum Gasteiger partial charge on any atom is 0.260 e. The lowest BCUT2D eigenvalue weighted by Gasteiger charge is -2.44. The van der Waals surface area contributed by atoms with E-state index >= 15 is 0 Å². The van der Waals surface area contributed by atoms with E-state index < -0.39 is 0 Å². The first kappa shape index (κ1) is 22.9. The van der Waals surface area contributed by atoms with E-state index in [1.807, 2.05) is 35.2 Å². The highest BCUT2D eigenvalue weighted by Crippen LogP contribution is 2.28. The van der Waals surface area contributed by atoms with Crippen LogP contribution in [0.3, 0.4) is 0 Å². The third-order valence-electron chi connectivity index (χ3n) is 5.60. The lowest BCUT2D eigenvalue weighted by Crippen LogP contribution is -2.58. The van der Waals surface area contributed by atoms with Crippen molar-refractivity contribution in [2.24, 2.45) is 0 Å². The van der Waals surface area contributed by atoms with Crippen LogP contribution in [0.1, 0.15) is 25.0 Å². The predicted octanol–water partition coefficient (Wildman–Crippen LogP) is 3.91. The first-order valence-corrected chi connectivity index (χ1v) is 10.7. The van der Waals surface area contributed by atoms with Crippen LogP contribution in [0, 0.1) is 11.3 Å². The summed E-state index contributed by atoms with van der Waals surface area (Å²) < 4.78 is 11.1. The number of rotatable bonds is 7. The zero-order valence-corrected chi connectivity index (χ0v) is 18.9. The Morgan fingerprint density at radius 3 is 2.48 bits per heavy atom. The summed E-state index contributed by atoms with van der Waals surface area (Å²) in [5, 5.41) is 9.58. The lowest BCUT2D eigenvalue weighted by atomic mass is 10.1. The van der Waals surface area contributed by atoms with Gasteiger partial charge >= 0.3 is 0 Å². The first-order valence-electron chi connectivity index (χ1n) is 10.4. The molecule has 1 aliphatic rings. The normalized spacial score (nSPS) is 19.0. The van der Waals surface area contributed by atoms with E-state index in [9.17, 15) is 4.79 Å². The van der Waals surface area contributed by atoms with Crippen molar-refractivity contribution in [2.75, 3.05) is 26.8 Å². The molecule has 6 nitrogen and oxygen atoms in total. The maximum absolute atomic E-state index is 12.9. The van der Waals surface area contributed by atoms with Gasteiger partial charge in [0, 0.05) is 36.7 Å². The number of amides is 1. The monoisotopic (exact) mass is 441 g/mol. The lowest BCUT2D eigenvalue weighted by molar-refractivity contribution is -0.139. The van der Waals surface area contributed by atoms with Crippen LogP contribution in [-0.4, -0.2) is 54.6 Å². The molecule has 0 aliphatic carbocycles. The Morgan fingerprint density at radius 1 is 1.10 bits per heavy atom. The third-order valence-corrected chi connectivity index (χ3v) is 5.85. The molecule has 0 aromatic heterocycles. The average molecular weight is 442 g/mol. The molecular weight excluding hydrogens is 414 g/mol. The molecule has 1 heterocycles. The molecule has 0 saturated carbocycles. The highest BCUT2D eigenvalue weighted by Gasteiger charge is 2.32. The second-order valence-corrected chi connectivity index (χ2v) is 8.35. The van der Waals surface area contributed by atoms with Gasteiger partial charge in [0.15, 0.2) is 18.1 Å². The van der Waals surface area contributed by atoms with E-state index in [1.54, 1.807) is 19.2 Å². The molecule has 3 rings (SSSR count). The van der Waals surface area contributed by atoms with Gasteiger partial charge in [-0.3, -0.25) is 9.69 Å². The van der Waals surface area contributed by atoms with Gasteiger partial charge in [0.2, 0.25) is 0 Å². The van der Waals surface area contributed by atoms with Crippen LogP contribution < -0.4 is 9.47 Å². The van der Waals surface area contributed by atoms with E-state index in [0.717, 1.165) is 23.7 Å². The Labute approximate surface area is 188 Å². The molecule has 7 heteroatoms. The van der Waals surface area contributed by atoms with Gasteiger partial charge in [-0.15, -0.1) is 0 Å². The number of hydrogen-bond acceptors (Lipinski definition) is 5. The number of piperazine rings is 1. The molecule has 1 saturated heterocycles. The largest absolute Gasteiger partial charge is 0.493 e. The number of carbonyl (C=O) groups is 1. The molecule has 1 amide bonds. The fourth-order valence-corrected chi connectivity index (χ4v) is 3.97. The first-order chi connectivity index (χ1) is 14.9. The van der Waals surface area contributed by atoms with Crippen LogP contribution in [0.25, 0.3) is 0 Å². The van der Waals surface area contributed by atoms with Gasteiger partial charge in [-0.2, -0.15) is 5.26 Å². The summed E-state index contributed by atoms with van der Waals surface area (Å²) in [5.41, 5.74) is 2.05. The molecule has 0 spiro atoms. The van der Waals surface area contributed by atoms with E-state index in [2.05, 4.69) is 24.8 Å². The minimum Gasteiger partial charge on any atom is -0.493 e. The van der Waals surface area contributed by atoms with Crippen molar-refractivity contribution in [3.8, 4) is 17.6 Å². The van der Waals surface area contributed by atoms with Gasteiger partial charge in [0.05, 0.1) is 19.6 Å². The average Bonchev–Trinajstić information content (AvgIpc) is 2.76. The summed E-state index contributed by atoms with van der Waals surface area (Å²) in [6, 6.07) is 15.6. The van der Waals surface area contributed by atoms with E-state index in [0.29, 0.717) is 24.5 Å². The zero-order chi connectivity index (χ0) is 22.4. The summed E-state index contributed by atoms with van der Waals surface area (Å²) in [7, 11) is 1.55. The molecule has 2 atom stereocenters. The van der Waals surface area contributed by atoms with Crippen molar-refractivity contribution in [3.63, 3.8) is 0 Å². The summed E-state index contributed by atoms with van der Waals surface area (Å²) in [6.07, 6.45) is 0.297. The fraction of sp³-hybridized carbons (Fsp3) is 0.417. The van der Waals surface area contributed by atoms with E-state index in [4.69, 9.17) is 26.3 Å². The molecule has 0 N–H and O–H groups in total. The Balaban J connectivity index is 1.58. The number of ether oxygens (including phenoxy) is 2. The van der Waals surface area contributed by atoms with Crippen LogP contribution in [0.4, 0.5) is 0 Å². The Bertz CT molecular complexity index is 942. The Kier molecular flexibility index (Phi) is 7.78. The topological polar surface area (TPSA) is 65.8 Å². The molecule has 0 bridgehead atoms. The van der Waals surface area contributed by atoms with E-state index in [-0.39, 0.29) is 24.6 Å². The second kappa shape index (κ2) is 10.5. The van der Waals surface area contributed by atoms with Gasteiger partial charge in [0.25, 0.3) is 5.91 Å². The van der Waals surface area contributed by atoms with Gasteiger partial charge < -0.3 is 14.4 Å². The minimum atomic E-state index is -0.0534. The molecular formula is C24H28ClN3O3. The van der Waals surface area contributed by atoms with Crippen molar-refractivity contribution in [1.82, 2.24) is 9.80 Å². The van der Waals surface area contributed by atoms with Crippen LogP contribution >= 0.6 is 11.6 Å². The highest BCUT2D eigenvalue weighted by molar-refractivity contribution is 6.30. The Hall–Kier alpha value is -2.75. The number of methoxy groups -OCH3 is 1. The number of halogens is 1. The summed E-state index contributed by atoms with van der Waals surface area (Å²) in [6.45, 7) is 6.42. The van der Waals surface area contributed by atoms with Gasteiger partial charge in [-0.05, 0) is 49.2 Å². The standard InChI is InChI=1S/C24H28ClN3O3/c1-17-14-28(18(2)13-27(17)15-20-4-7-21(25)8-5-20)24(29)16-31-22-9-6-19(10-11-26)12-23(22)30-3/h4-9,12,17-18H,10,13-16H2,1-3H3/t17-,18+/m0/s1. The molecule has 164 valence electrons. The smallest absolute Gasteiger partial charge is 0.260 e. The van der Waals surface area contributed by atoms with Gasteiger partial charge in [-0.1, -0.05) is 29.8 Å². The summed E-state index contributed by atoms with van der Waals surface area (Å²) >= 11 is 5.98. The number of nitriles is 1. The molecule has 0 unspecified atom stereocenters. The fourth-order valence-electron chi connectivity index (χ4n) is 3.85. The highest BCUT2D eigenvalue weighted by atomic mass is 35.5. The zero-order valence-electron chi connectivity index (χ0n) is 18.2. The van der Waals surface area contributed by atoms with Crippen LogP contribution in [0.2, 0.25) is 5.02 Å². The van der Waals surface area contributed by atoms with Crippen molar-refractivity contribution in [3.05, 3.63) is 58.6 Å². The van der Waals surface area contributed by atoms with Crippen LogP contribution in [-0.2, 0) is 17.8 Å². The van der Waals surface area contributed by atoms with E-state index in [1.165, 1.54) is 5.56 Å². The van der Waals surface area contributed by atoms with Gasteiger partial charge in [0.1, 0.15) is 0 Å². The van der Waals surface area contributed by atoms with Crippen molar-refractivity contribution in [1.29, 1.82) is 5.26 Å². The molecule has 0 radical (unpaired) electrons. The van der Waals surface area contributed by atoms with Crippen molar-refractivity contribution >= 4 is 17.5 Å². The van der Waals surface area contributed by atoms with Crippen LogP contribution in [0.5, 0.6) is 11.5 Å². The number of hydrogen-bond donors (Lipinski definition) is 0. The minimum absolute atomic E-state index is 0.0475. The second-order valence-electron chi connectivity index (χ2n) is 7.91. The Morgan fingerprint density at radius 2 is 1.81 bits per heavy atom.